The maximum Gasteiger partial charge on any atom is 0.417 e. The van der Waals surface area contributed by atoms with Crippen LogP contribution in [0.1, 0.15) is 0 Å². The lowest BCUT2D eigenvalue weighted by atomic mass is 10.2. The van der Waals surface area contributed by atoms with Gasteiger partial charge in [0.25, 0.3) is 5.69 Å². The third kappa shape index (κ3) is 3.88. The average molecular weight is 402 g/mol. The molecule has 0 unspecified atom stereocenters. The van der Waals surface area contributed by atoms with E-state index in [4.69, 9.17) is 4.74 Å². The van der Waals surface area contributed by atoms with E-state index in [2.05, 4.69) is 5.32 Å². The quantitative estimate of drug-likeness (QED) is 0.479. The second kappa shape index (κ2) is 6.48. The van der Waals surface area contributed by atoms with E-state index in [9.17, 15) is 19.3 Å². The molecule has 0 aliphatic heterocycles. The highest BCUT2D eigenvalue weighted by Gasteiger charge is 2.18. The van der Waals surface area contributed by atoms with Crippen molar-refractivity contribution < 1.29 is 18.8 Å². The van der Waals surface area contributed by atoms with Crippen LogP contribution in [0.15, 0.2) is 42.5 Å². The Bertz CT molecular complexity index is 708. The average Bonchev–Trinajstić information content (AvgIpc) is 2.43. The zero-order chi connectivity index (χ0) is 15.4. The lowest BCUT2D eigenvalue weighted by molar-refractivity contribution is -0.384. The lowest BCUT2D eigenvalue weighted by Gasteiger charge is -2.08. The Kier molecular flexibility index (Phi) is 4.68. The predicted molar refractivity (Wildman–Crippen MR) is 81.9 cm³/mol. The van der Waals surface area contributed by atoms with Crippen molar-refractivity contribution in [2.75, 3.05) is 5.32 Å². The summed E-state index contributed by atoms with van der Waals surface area (Å²) < 4.78 is 18.7. The van der Waals surface area contributed by atoms with Crippen LogP contribution in [0.25, 0.3) is 0 Å². The Labute approximate surface area is 132 Å². The Morgan fingerprint density at radius 1 is 1.29 bits per heavy atom. The van der Waals surface area contributed by atoms with Crippen molar-refractivity contribution in [2.24, 2.45) is 0 Å². The molecule has 0 spiro atoms. The minimum atomic E-state index is -0.895. The van der Waals surface area contributed by atoms with Crippen LogP contribution in [0.3, 0.4) is 0 Å². The number of amides is 1. The van der Waals surface area contributed by atoms with Gasteiger partial charge < -0.3 is 4.74 Å². The molecule has 0 fully saturated rings. The van der Waals surface area contributed by atoms with Crippen LogP contribution in [0.4, 0.5) is 20.6 Å². The standard InChI is InChI=1S/C13H8FIN2O4/c14-8-5-6-10(11(7-8)17(19)20)16-13(18)21-12-4-2-1-3-9(12)15/h1-7H,(H,16,18). The molecular formula is C13H8FIN2O4. The molecule has 0 aromatic heterocycles. The Morgan fingerprint density at radius 2 is 2.00 bits per heavy atom. The zero-order valence-electron chi connectivity index (χ0n) is 10.4. The normalized spacial score (nSPS) is 10.0. The number of nitro benzene ring substituents is 1. The fourth-order valence-electron chi connectivity index (χ4n) is 1.52. The molecule has 0 saturated carbocycles. The molecule has 2 aromatic carbocycles. The number of ether oxygens (including phenoxy) is 1. The van der Waals surface area contributed by atoms with Crippen molar-refractivity contribution in [3.05, 3.63) is 62.0 Å². The third-order valence-electron chi connectivity index (χ3n) is 2.43. The summed E-state index contributed by atoms with van der Waals surface area (Å²) in [6.07, 6.45) is -0.895. The topological polar surface area (TPSA) is 81.5 Å². The molecule has 6 nitrogen and oxygen atoms in total. The molecule has 0 aliphatic carbocycles. The highest BCUT2D eigenvalue weighted by Crippen LogP contribution is 2.26. The summed E-state index contributed by atoms with van der Waals surface area (Å²) >= 11 is 1.98. The van der Waals surface area contributed by atoms with E-state index in [1.54, 1.807) is 24.3 Å². The fraction of sp³-hybridized carbons (Fsp3) is 0. The van der Waals surface area contributed by atoms with Crippen LogP contribution in [0, 0.1) is 19.5 Å². The molecule has 0 radical (unpaired) electrons. The highest BCUT2D eigenvalue weighted by molar-refractivity contribution is 14.1. The minimum Gasteiger partial charge on any atom is -0.409 e. The van der Waals surface area contributed by atoms with Crippen LogP contribution < -0.4 is 10.1 Å². The van der Waals surface area contributed by atoms with Gasteiger partial charge in [-0.05, 0) is 46.9 Å². The number of hydrogen-bond donors (Lipinski definition) is 1. The van der Waals surface area contributed by atoms with Gasteiger partial charge in [-0.1, -0.05) is 12.1 Å². The first-order chi connectivity index (χ1) is 9.97. The SMILES string of the molecule is O=C(Nc1ccc(F)cc1[N+](=O)[O-])Oc1ccccc1I. The number of rotatable bonds is 3. The molecule has 0 heterocycles. The van der Waals surface area contributed by atoms with Gasteiger partial charge in [0.2, 0.25) is 0 Å². The second-order valence-corrected chi connectivity index (χ2v) is 5.03. The van der Waals surface area contributed by atoms with Gasteiger partial charge in [0.05, 0.1) is 14.6 Å². The molecular weight excluding hydrogens is 394 g/mol. The summed E-state index contributed by atoms with van der Waals surface area (Å²) in [4.78, 5) is 21.8. The second-order valence-electron chi connectivity index (χ2n) is 3.86. The van der Waals surface area contributed by atoms with E-state index < -0.39 is 22.5 Å². The number of nitrogens with one attached hydrogen (secondary N) is 1. The summed E-state index contributed by atoms with van der Waals surface area (Å²) in [5.41, 5.74) is -0.688. The number of para-hydroxylation sites is 1. The monoisotopic (exact) mass is 402 g/mol. The van der Waals surface area contributed by atoms with Gasteiger partial charge in [-0.25, -0.2) is 9.18 Å². The smallest absolute Gasteiger partial charge is 0.409 e. The number of nitro groups is 1. The predicted octanol–water partition coefficient (Wildman–Crippen LogP) is 3.95. The van der Waals surface area contributed by atoms with E-state index in [1.165, 1.54) is 0 Å². The van der Waals surface area contributed by atoms with E-state index >= 15 is 0 Å². The van der Waals surface area contributed by atoms with Gasteiger partial charge in [-0.3, -0.25) is 15.4 Å². The number of nitrogens with zero attached hydrogens (tertiary/aromatic N) is 1. The molecule has 2 rings (SSSR count). The van der Waals surface area contributed by atoms with Gasteiger partial charge in [0.1, 0.15) is 17.3 Å². The number of anilines is 1. The van der Waals surface area contributed by atoms with Gasteiger partial charge in [0, 0.05) is 0 Å². The van der Waals surface area contributed by atoms with Crippen LogP contribution >= 0.6 is 22.6 Å². The molecule has 8 heteroatoms. The summed E-state index contributed by atoms with van der Waals surface area (Å²) in [6, 6.07) is 9.62. The fourth-order valence-corrected chi connectivity index (χ4v) is 2.02. The Morgan fingerprint density at radius 3 is 2.67 bits per heavy atom. The Balaban J connectivity index is 2.17. The molecule has 0 bridgehead atoms. The molecule has 1 N–H and O–H groups in total. The number of carbonyl (C=O) groups is 1. The molecule has 0 saturated heterocycles. The van der Waals surface area contributed by atoms with E-state index in [-0.39, 0.29) is 5.69 Å². The van der Waals surface area contributed by atoms with E-state index in [1.807, 2.05) is 22.6 Å². The third-order valence-corrected chi connectivity index (χ3v) is 3.32. The van der Waals surface area contributed by atoms with Gasteiger partial charge in [-0.2, -0.15) is 0 Å². The zero-order valence-corrected chi connectivity index (χ0v) is 12.5. The largest absolute Gasteiger partial charge is 0.417 e. The van der Waals surface area contributed by atoms with Crippen molar-refractivity contribution >= 4 is 40.1 Å². The molecule has 21 heavy (non-hydrogen) atoms. The minimum absolute atomic E-state index is 0.141. The van der Waals surface area contributed by atoms with E-state index in [0.29, 0.717) is 9.32 Å². The van der Waals surface area contributed by atoms with Crippen LogP contribution in [0.2, 0.25) is 0 Å². The molecule has 1 amide bonds. The Hall–Kier alpha value is -2.23. The highest BCUT2D eigenvalue weighted by atomic mass is 127. The summed E-state index contributed by atoms with van der Waals surface area (Å²) in [5.74, 6) is -0.446. The van der Waals surface area contributed by atoms with Crippen LogP contribution in [-0.2, 0) is 0 Å². The maximum absolute atomic E-state index is 13.0. The summed E-state index contributed by atoms with van der Waals surface area (Å²) in [5, 5.41) is 13.0. The summed E-state index contributed by atoms with van der Waals surface area (Å²) in [6.45, 7) is 0. The van der Waals surface area contributed by atoms with Crippen molar-refractivity contribution in [1.82, 2.24) is 0 Å². The van der Waals surface area contributed by atoms with Crippen LogP contribution in [0.5, 0.6) is 5.75 Å². The van der Waals surface area contributed by atoms with Crippen molar-refractivity contribution in [1.29, 1.82) is 0 Å². The first kappa shape index (κ1) is 15.2. The number of hydrogen-bond acceptors (Lipinski definition) is 4. The molecule has 0 aliphatic rings. The lowest BCUT2D eigenvalue weighted by Crippen LogP contribution is -2.18. The van der Waals surface area contributed by atoms with Crippen molar-refractivity contribution in [3.8, 4) is 5.75 Å². The van der Waals surface area contributed by atoms with Crippen molar-refractivity contribution in [2.45, 2.75) is 0 Å². The van der Waals surface area contributed by atoms with Gasteiger partial charge >= 0.3 is 6.09 Å². The van der Waals surface area contributed by atoms with Gasteiger partial charge in [0.15, 0.2) is 0 Å². The number of halogens is 2. The van der Waals surface area contributed by atoms with Crippen molar-refractivity contribution in [3.63, 3.8) is 0 Å². The first-order valence-electron chi connectivity index (χ1n) is 5.64. The first-order valence-corrected chi connectivity index (χ1v) is 6.72. The number of benzene rings is 2. The van der Waals surface area contributed by atoms with Crippen LogP contribution in [-0.4, -0.2) is 11.0 Å². The number of carbonyl (C=O) groups excluding carboxylic acids is 1. The van der Waals surface area contributed by atoms with E-state index in [0.717, 1.165) is 18.2 Å². The van der Waals surface area contributed by atoms with Gasteiger partial charge in [-0.15, -0.1) is 0 Å². The molecule has 2 aromatic rings. The maximum atomic E-state index is 13.0. The summed E-state index contributed by atoms with van der Waals surface area (Å²) in [7, 11) is 0. The molecule has 108 valence electrons. The molecule has 0 atom stereocenters.